The molecular weight excluding hydrogens is 365 g/mol. The van der Waals surface area contributed by atoms with Gasteiger partial charge in [-0.25, -0.2) is 0 Å². The van der Waals surface area contributed by atoms with Crippen LogP contribution in [0.3, 0.4) is 0 Å². The lowest BCUT2D eigenvalue weighted by Crippen LogP contribution is -2.14. The number of nitrogens with one attached hydrogen (secondary N) is 1. The average molecular weight is 386 g/mol. The summed E-state index contributed by atoms with van der Waals surface area (Å²) >= 11 is 12.2. The lowest BCUT2D eigenvalue weighted by molar-refractivity contribution is 0.323. The van der Waals surface area contributed by atoms with Crippen LogP contribution in [0.15, 0.2) is 24.3 Å². The van der Waals surface area contributed by atoms with Crippen LogP contribution in [0.5, 0.6) is 23.0 Å². The number of halogens is 2. The fraction of sp³-hybridized carbons (Fsp3) is 0.333. The summed E-state index contributed by atoms with van der Waals surface area (Å²) in [4.78, 5) is 0. The third-order valence-electron chi connectivity index (χ3n) is 3.66. The zero-order chi connectivity index (χ0) is 18.4. The Morgan fingerprint density at radius 2 is 1.36 bits per heavy atom. The van der Waals surface area contributed by atoms with Crippen molar-refractivity contribution in [1.82, 2.24) is 5.32 Å². The van der Waals surface area contributed by atoms with Gasteiger partial charge in [0, 0.05) is 23.7 Å². The molecule has 0 saturated heterocycles. The van der Waals surface area contributed by atoms with Crippen LogP contribution < -0.4 is 24.3 Å². The fourth-order valence-corrected chi connectivity index (χ4v) is 3.17. The van der Waals surface area contributed by atoms with Crippen molar-refractivity contribution in [2.45, 2.75) is 13.1 Å². The number of hydrogen-bond acceptors (Lipinski definition) is 5. The van der Waals surface area contributed by atoms with Gasteiger partial charge in [0.25, 0.3) is 0 Å². The maximum absolute atomic E-state index is 6.16. The Labute approximate surface area is 157 Å². The monoisotopic (exact) mass is 385 g/mol. The van der Waals surface area contributed by atoms with Gasteiger partial charge < -0.3 is 24.3 Å². The van der Waals surface area contributed by atoms with Gasteiger partial charge in [0.1, 0.15) is 5.75 Å². The first-order chi connectivity index (χ1) is 12.0. The molecule has 0 aliphatic carbocycles. The van der Waals surface area contributed by atoms with Gasteiger partial charge in [-0.05, 0) is 29.8 Å². The van der Waals surface area contributed by atoms with Gasteiger partial charge in [0.15, 0.2) is 11.5 Å². The first-order valence-electron chi connectivity index (χ1n) is 7.55. The van der Waals surface area contributed by atoms with Crippen molar-refractivity contribution in [3.05, 3.63) is 45.4 Å². The molecule has 2 aromatic carbocycles. The molecular formula is C18H21Cl2NO4. The smallest absolute Gasteiger partial charge is 0.203 e. The summed E-state index contributed by atoms with van der Waals surface area (Å²) in [7, 11) is 6.34. The summed E-state index contributed by atoms with van der Waals surface area (Å²) < 4.78 is 21.4. The van der Waals surface area contributed by atoms with E-state index in [9.17, 15) is 0 Å². The SMILES string of the molecule is COc1cc(CNCc2cc(Cl)cc(Cl)c2OC)cc(OC)c1OC. The largest absolute Gasteiger partial charge is 0.495 e. The van der Waals surface area contributed by atoms with Gasteiger partial charge >= 0.3 is 0 Å². The molecule has 2 aromatic rings. The summed E-state index contributed by atoms with van der Waals surface area (Å²) in [6, 6.07) is 7.28. The average Bonchev–Trinajstić information content (AvgIpc) is 2.60. The normalized spacial score (nSPS) is 10.5. The third-order valence-corrected chi connectivity index (χ3v) is 4.16. The first kappa shape index (κ1) is 19.5. The maximum atomic E-state index is 6.16. The van der Waals surface area contributed by atoms with E-state index in [1.165, 1.54) is 0 Å². The summed E-state index contributed by atoms with van der Waals surface area (Å²) in [5, 5.41) is 4.39. The zero-order valence-electron chi connectivity index (χ0n) is 14.6. The highest BCUT2D eigenvalue weighted by atomic mass is 35.5. The molecule has 2 rings (SSSR count). The predicted molar refractivity (Wildman–Crippen MR) is 99.7 cm³/mol. The van der Waals surface area contributed by atoms with Crippen molar-refractivity contribution in [3.8, 4) is 23.0 Å². The second-order valence-electron chi connectivity index (χ2n) is 5.22. The van der Waals surface area contributed by atoms with Gasteiger partial charge in [0.2, 0.25) is 5.75 Å². The fourth-order valence-electron chi connectivity index (χ4n) is 2.55. The molecule has 0 unspecified atom stereocenters. The Morgan fingerprint density at radius 3 is 1.88 bits per heavy atom. The Hall–Kier alpha value is -1.82. The second kappa shape index (κ2) is 9.04. The molecule has 7 heteroatoms. The minimum atomic E-state index is 0.486. The summed E-state index contributed by atoms with van der Waals surface area (Å²) in [5.41, 5.74) is 1.87. The van der Waals surface area contributed by atoms with Crippen molar-refractivity contribution in [2.24, 2.45) is 0 Å². The van der Waals surface area contributed by atoms with Crippen molar-refractivity contribution >= 4 is 23.2 Å². The Balaban J connectivity index is 2.15. The molecule has 1 N–H and O–H groups in total. The zero-order valence-corrected chi connectivity index (χ0v) is 16.1. The molecule has 0 spiro atoms. The molecule has 0 radical (unpaired) electrons. The van der Waals surface area contributed by atoms with E-state index in [4.69, 9.17) is 42.1 Å². The number of benzene rings is 2. The Kier molecular flexibility index (Phi) is 7.05. The number of ether oxygens (including phenoxy) is 4. The lowest BCUT2D eigenvalue weighted by atomic mass is 10.1. The lowest BCUT2D eigenvalue weighted by Gasteiger charge is -2.15. The molecule has 0 aromatic heterocycles. The van der Waals surface area contributed by atoms with E-state index in [2.05, 4.69) is 5.32 Å². The van der Waals surface area contributed by atoms with E-state index in [1.807, 2.05) is 18.2 Å². The number of rotatable bonds is 8. The van der Waals surface area contributed by atoms with Crippen molar-refractivity contribution in [3.63, 3.8) is 0 Å². The van der Waals surface area contributed by atoms with Gasteiger partial charge in [-0.3, -0.25) is 0 Å². The third kappa shape index (κ3) is 4.63. The maximum Gasteiger partial charge on any atom is 0.203 e. The van der Waals surface area contributed by atoms with Gasteiger partial charge in [-0.15, -0.1) is 0 Å². The van der Waals surface area contributed by atoms with Gasteiger partial charge in [-0.1, -0.05) is 23.2 Å². The molecule has 136 valence electrons. The number of hydrogen-bond donors (Lipinski definition) is 1. The molecule has 0 atom stereocenters. The highest BCUT2D eigenvalue weighted by Gasteiger charge is 2.14. The van der Waals surface area contributed by atoms with Crippen molar-refractivity contribution in [1.29, 1.82) is 0 Å². The van der Waals surface area contributed by atoms with Crippen LogP contribution >= 0.6 is 23.2 Å². The molecule has 0 fully saturated rings. The molecule has 0 amide bonds. The van der Waals surface area contributed by atoms with Crippen LogP contribution in [0.1, 0.15) is 11.1 Å². The predicted octanol–water partition coefficient (Wildman–Crippen LogP) is 4.32. The van der Waals surface area contributed by atoms with Crippen LogP contribution in [0.25, 0.3) is 0 Å². The molecule has 0 heterocycles. The first-order valence-corrected chi connectivity index (χ1v) is 8.31. The van der Waals surface area contributed by atoms with Gasteiger partial charge in [-0.2, -0.15) is 0 Å². The highest BCUT2D eigenvalue weighted by molar-refractivity contribution is 6.35. The minimum Gasteiger partial charge on any atom is -0.495 e. The Morgan fingerprint density at radius 1 is 0.760 bits per heavy atom. The van der Waals surface area contributed by atoms with E-state index in [-0.39, 0.29) is 0 Å². The standard InChI is InChI=1S/C18H21Cl2NO4/c1-22-15-5-11(6-16(23-2)18(15)25-4)9-21-10-12-7-13(19)8-14(20)17(12)24-3/h5-8,21H,9-10H2,1-4H3. The van der Waals surface area contributed by atoms with E-state index >= 15 is 0 Å². The quantitative estimate of drug-likeness (QED) is 0.733. The van der Waals surface area contributed by atoms with Crippen LogP contribution in [-0.2, 0) is 13.1 Å². The van der Waals surface area contributed by atoms with Gasteiger partial charge in [0.05, 0.1) is 33.5 Å². The van der Waals surface area contributed by atoms with Crippen molar-refractivity contribution < 1.29 is 18.9 Å². The minimum absolute atomic E-state index is 0.486. The molecule has 0 aliphatic rings. The highest BCUT2D eigenvalue weighted by Crippen LogP contribution is 2.38. The van der Waals surface area contributed by atoms with E-state index in [0.29, 0.717) is 46.1 Å². The molecule has 5 nitrogen and oxygen atoms in total. The van der Waals surface area contributed by atoms with Crippen LogP contribution in [0.2, 0.25) is 10.0 Å². The molecule has 0 aliphatic heterocycles. The second-order valence-corrected chi connectivity index (χ2v) is 6.06. The molecule has 25 heavy (non-hydrogen) atoms. The van der Waals surface area contributed by atoms with Crippen LogP contribution in [-0.4, -0.2) is 28.4 Å². The summed E-state index contributed by atoms with van der Waals surface area (Å²) in [6.45, 7) is 1.13. The summed E-state index contributed by atoms with van der Waals surface area (Å²) in [6.07, 6.45) is 0. The van der Waals surface area contributed by atoms with E-state index in [1.54, 1.807) is 34.5 Å². The molecule has 0 saturated carbocycles. The topological polar surface area (TPSA) is 49.0 Å². The number of methoxy groups -OCH3 is 4. The molecule has 0 bridgehead atoms. The van der Waals surface area contributed by atoms with E-state index in [0.717, 1.165) is 11.1 Å². The summed E-state index contributed by atoms with van der Waals surface area (Å²) in [5.74, 6) is 2.41. The van der Waals surface area contributed by atoms with E-state index < -0.39 is 0 Å². The van der Waals surface area contributed by atoms with Crippen LogP contribution in [0.4, 0.5) is 0 Å². The Bertz CT molecular complexity index is 712. The van der Waals surface area contributed by atoms with Crippen molar-refractivity contribution in [2.75, 3.05) is 28.4 Å². The van der Waals surface area contributed by atoms with Crippen LogP contribution in [0, 0.1) is 0 Å².